The van der Waals surface area contributed by atoms with Crippen molar-refractivity contribution in [2.75, 3.05) is 25.5 Å². The maximum atomic E-state index is 15.7. The summed E-state index contributed by atoms with van der Waals surface area (Å²) < 4.78 is 68.1. The predicted octanol–water partition coefficient (Wildman–Crippen LogP) is 7.78. The number of hydrogen-bond acceptors (Lipinski definition) is 7. The first-order chi connectivity index (χ1) is 24.7. The van der Waals surface area contributed by atoms with Crippen LogP contribution in [0, 0.1) is 30.2 Å². The number of carbonyl (C=O) groups is 3. The minimum Gasteiger partial charge on any atom is -0.461 e. The summed E-state index contributed by atoms with van der Waals surface area (Å²) in [5.74, 6) is -4.59. The highest BCUT2D eigenvalue weighted by atomic mass is 19.1. The molecule has 0 saturated carbocycles. The molecule has 2 amide bonds. The van der Waals surface area contributed by atoms with E-state index >= 15 is 4.39 Å². The number of carbonyl (C=O) groups excluding carboxylic acids is 3. The van der Waals surface area contributed by atoms with Gasteiger partial charge < -0.3 is 29.5 Å². The monoisotopic (exact) mass is 720 g/mol. The summed E-state index contributed by atoms with van der Waals surface area (Å²) in [5.41, 5.74) is 2.67. The molecule has 5 rings (SSSR count). The van der Waals surface area contributed by atoms with Crippen LogP contribution in [0.4, 0.5) is 28.0 Å². The van der Waals surface area contributed by atoms with Crippen LogP contribution in [0.15, 0.2) is 85.2 Å². The van der Waals surface area contributed by atoms with E-state index in [2.05, 4.69) is 11.9 Å². The zero-order valence-electron chi connectivity index (χ0n) is 29.1. The van der Waals surface area contributed by atoms with Crippen molar-refractivity contribution in [1.82, 2.24) is 15.1 Å². The van der Waals surface area contributed by atoms with Crippen LogP contribution in [-0.4, -0.2) is 48.4 Å². The number of ether oxygens (including phenoxy) is 2. The molecular formula is C39H40F4N4O5. The summed E-state index contributed by atoms with van der Waals surface area (Å²) in [6.07, 6.45) is -0.847. The van der Waals surface area contributed by atoms with Crippen molar-refractivity contribution in [2.45, 2.75) is 46.0 Å². The molecule has 52 heavy (non-hydrogen) atoms. The fourth-order valence-corrected chi connectivity index (χ4v) is 5.72. The topological polar surface area (TPSA) is 91.4 Å². The average Bonchev–Trinajstić information content (AvgIpc) is 3.11. The van der Waals surface area contributed by atoms with E-state index in [9.17, 15) is 27.6 Å². The van der Waals surface area contributed by atoms with E-state index in [1.54, 1.807) is 30.0 Å². The Morgan fingerprint density at radius 2 is 1.62 bits per heavy atom. The maximum Gasteiger partial charge on any atom is 0.414 e. The van der Waals surface area contributed by atoms with Crippen molar-refractivity contribution < 1.29 is 42.8 Å². The van der Waals surface area contributed by atoms with Gasteiger partial charge in [-0.15, -0.1) is 0 Å². The van der Waals surface area contributed by atoms with Gasteiger partial charge in [0.1, 0.15) is 41.4 Å². The molecule has 0 radical (unpaired) electrons. The van der Waals surface area contributed by atoms with Crippen molar-refractivity contribution in [2.24, 2.45) is 0 Å². The van der Waals surface area contributed by atoms with Gasteiger partial charge in [0.05, 0.1) is 19.0 Å². The van der Waals surface area contributed by atoms with Crippen molar-refractivity contribution in [1.29, 1.82) is 0 Å². The molecule has 274 valence electrons. The summed E-state index contributed by atoms with van der Waals surface area (Å²) in [5, 5.41) is 2.47. The smallest absolute Gasteiger partial charge is 0.414 e. The SMILES string of the molecule is C=C1N(Cc2c(C)cc(OC(=O)N(C)CCC(=O)OCc3ccccc3)cc2F)c2cc(C(=O)NCc3c(F)cc(F)cc3F)ccc2[C@H](C)N1C.[HH]. The number of nitrogens with one attached hydrogen (secondary N) is 1. The Bertz CT molecular complexity index is 1970. The van der Waals surface area contributed by atoms with E-state index in [4.69, 9.17) is 9.47 Å². The van der Waals surface area contributed by atoms with Crippen LogP contribution in [0.5, 0.6) is 5.75 Å². The molecule has 1 aliphatic heterocycles. The van der Waals surface area contributed by atoms with Gasteiger partial charge in [-0.2, -0.15) is 0 Å². The van der Waals surface area contributed by atoms with Gasteiger partial charge in [-0.25, -0.2) is 22.4 Å². The van der Waals surface area contributed by atoms with Gasteiger partial charge in [0.25, 0.3) is 5.91 Å². The first-order valence-corrected chi connectivity index (χ1v) is 16.4. The molecule has 4 aromatic rings. The number of benzene rings is 4. The number of amides is 2. The second-order valence-electron chi connectivity index (χ2n) is 12.5. The van der Waals surface area contributed by atoms with Crippen molar-refractivity contribution in [3.63, 3.8) is 0 Å². The van der Waals surface area contributed by atoms with Gasteiger partial charge >= 0.3 is 12.1 Å². The minimum absolute atomic E-state index is 0. The Kier molecular flexibility index (Phi) is 11.5. The van der Waals surface area contributed by atoms with Gasteiger partial charge in [-0.1, -0.05) is 43.0 Å². The van der Waals surface area contributed by atoms with Crippen LogP contribution in [-0.2, 0) is 29.2 Å². The number of esters is 1. The number of rotatable bonds is 11. The molecule has 1 N–H and O–H groups in total. The average molecular weight is 721 g/mol. The third kappa shape index (κ3) is 8.53. The van der Waals surface area contributed by atoms with Crippen LogP contribution in [0.1, 0.15) is 59.0 Å². The Labute approximate surface area is 300 Å². The number of halogens is 4. The highest BCUT2D eigenvalue weighted by Crippen LogP contribution is 2.41. The van der Waals surface area contributed by atoms with Crippen molar-refractivity contribution in [3.05, 3.63) is 142 Å². The molecular weight excluding hydrogens is 680 g/mol. The molecule has 9 nitrogen and oxygen atoms in total. The molecule has 13 heteroatoms. The molecule has 0 bridgehead atoms. The summed E-state index contributed by atoms with van der Waals surface area (Å²) in [4.78, 5) is 42.9. The normalized spacial score (nSPS) is 13.8. The molecule has 1 atom stereocenters. The molecule has 4 aromatic carbocycles. The van der Waals surface area contributed by atoms with Gasteiger partial charge in [0.15, 0.2) is 0 Å². The second kappa shape index (κ2) is 16.0. The zero-order chi connectivity index (χ0) is 37.7. The Morgan fingerprint density at radius 3 is 2.29 bits per heavy atom. The maximum absolute atomic E-state index is 15.7. The fraction of sp³-hybridized carbons (Fsp3) is 0.256. The summed E-state index contributed by atoms with van der Waals surface area (Å²) >= 11 is 0. The zero-order valence-corrected chi connectivity index (χ0v) is 29.1. The largest absolute Gasteiger partial charge is 0.461 e. The fourth-order valence-electron chi connectivity index (χ4n) is 5.72. The molecule has 0 aromatic heterocycles. The minimum atomic E-state index is -1.12. The van der Waals surface area contributed by atoms with E-state index in [-0.39, 0.29) is 50.5 Å². The molecule has 0 fully saturated rings. The Balaban J connectivity index is 0.00000627. The number of aryl methyl sites for hydroxylation is 1. The van der Waals surface area contributed by atoms with Crippen molar-refractivity contribution >= 4 is 23.7 Å². The van der Waals surface area contributed by atoms with Gasteiger partial charge in [-0.05, 0) is 48.7 Å². The number of fused-ring (bicyclic) bond motifs is 1. The highest BCUT2D eigenvalue weighted by molar-refractivity contribution is 5.95. The lowest BCUT2D eigenvalue weighted by atomic mass is 9.97. The van der Waals surface area contributed by atoms with E-state index in [1.807, 2.05) is 49.2 Å². The summed E-state index contributed by atoms with van der Waals surface area (Å²) in [6, 6.07) is 17.6. The lowest BCUT2D eigenvalue weighted by Crippen LogP contribution is -2.39. The summed E-state index contributed by atoms with van der Waals surface area (Å²) in [6.45, 7) is 7.43. The lowest BCUT2D eigenvalue weighted by Gasteiger charge is -2.43. The second-order valence-corrected chi connectivity index (χ2v) is 12.5. The molecule has 1 heterocycles. The Hall–Kier alpha value is -5.85. The molecule has 0 unspecified atom stereocenters. The van der Waals surface area contributed by atoms with Crippen LogP contribution in [0.3, 0.4) is 0 Å². The van der Waals surface area contributed by atoms with Crippen molar-refractivity contribution in [3.8, 4) is 5.75 Å². The standard InChI is InChI=1S/C39H38F4N4O5.H2/c1-23-15-29(52-39(50)45(4)14-13-37(48)51-22-26-9-7-6-8-10-26)19-35(43)32(23)21-47-25(3)46(5)24(2)30-12-11-27(16-36(30)47)38(49)44-20-31-33(41)17-28(40)18-34(31)42;/h6-12,15-19,24H,3,13-14,20-22H2,1-2,4-5H3,(H,44,49);1H/t24-;/m0./s1. The first kappa shape index (κ1) is 37.4. The summed E-state index contributed by atoms with van der Waals surface area (Å²) in [7, 11) is 3.29. The van der Waals surface area contributed by atoms with Crippen LogP contribution in [0.25, 0.3) is 0 Å². The van der Waals surface area contributed by atoms with E-state index in [0.29, 0.717) is 29.2 Å². The van der Waals surface area contributed by atoms with E-state index in [1.165, 1.54) is 18.0 Å². The molecule has 0 aliphatic carbocycles. The van der Waals surface area contributed by atoms with Crippen LogP contribution >= 0.6 is 0 Å². The van der Waals surface area contributed by atoms with Gasteiger partial charge in [0.2, 0.25) is 0 Å². The molecule has 0 spiro atoms. The highest BCUT2D eigenvalue weighted by Gasteiger charge is 2.31. The van der Waals surface area contributed by atoms with Crippen LogP contribution in [0.2, 0.25) is 0 Å². The quantitative estimate of drug-likeness (QED) is 0.125. The lowest BCUT2D eigenvalue weighted by molar-refractivity contribution is -0.145. The first-order valence-electron chi connectivity index (χ1n) is 16.4. The molecule has 1 aliphatic rings. The number of hydrogen-bond donors (Lipinski definition) is 1. The third-order valence-electron chi connectivity index (χ3n) is 8.98. The third-order valence-corrected chi connectivity index (χ3v) is 8.98. The van der Waals surface area contributed by atoms with Crippen LogP contribution < -0.4 is 15.0 Å². The number of nitrogens with zero attached hydrogens (tertiary/aromatic N) is 3. The van der Waals surface area contributed by atoms with Gasteiger partial charge in [-0.3, -0.25) is 9.59 Å². The molecule has 0 saturated heterocycles. The van der Waals surface area contributed by atoms with E-state index in [0.717, 1.165) is 17.2 Å². The predicted molar refractivity (Wildman–Crippen MR) is 188 cm³/mol. The Morgan fingerprint density at radius 1 is 0.942 bits per heavy atom. The van der Waals surface area contributed by atoms with Gasteiger partial charge in [0, 0.05) is 69.2 Å². The number of anilines is 1. The van der Waals surface area contributed by atoms with E-state index < -0.39 is 53.3 Å².